The van der Waals surface area contributed by atoms with Gasteiger partial charge in [0.1, 0.15) is 0 Å². The van der Waals surface area contributed by atoms with E-state index < -0.39 is 0 Å². The van der Waals surface area contributed by atoms with Gasteiger partial charge < -0.3 is 4.74 Å². The molecule has 2 rings (SSSR count). The van der Waals surface area contributed by atoms with E-state index in [1.807, 2.05) is 6.07 Å². The molecule has 0 unspecified atom stereocenters. The van der Waals surface area contributed by atoms with Gasteiger partial charge in [-0.25, -0.2) is 4.79 Å². The highest BCUT2D eigenvalue weighted by Gasteiger charge is 2.39. The van der Waals surface area contributed by atoms with Crippen molar-refractivity contribution >= 4 is 21.9 Å². The number of halogens is 1. The van der Waals surface area contributed by atoms with Crippen LogP contribution in [0.3, 0.4) is 0 Å². The average Bonchev–Trinajstić information content (AvgIpc) is 2.96. The van der Waals surface area contributed by atoms with E-state index in [0.717, 1.165) is 4.47 Å². The molecule has 0 spiro atoms. The van der Waals surface area contributed by atoms with E-state index in [1.54, 1.807) is 6.07 Å². The maximum absolute atomic E-state index is 11.4. The van der Waals surface area contributed by atoms with Crippen LogP contribution in [0.15, 0.2) is 22.7 Å². The number of ether oxygens (including phenoxy) is 1. The van der Waals surface area contributed by atoms with Crippen LogP contribution in [-0.4, -0.2) is 13.1 Å². The highest BCUT2D eigenvalue weighted by molar-refractivity contribution is 9.10. The van der Waals surface area contributed by atoms with E-state index in [4.69, 9.17) is 4.74 Å². The second-order valence-electron chi connectivity index (χ2n) is 4.28. The van der Waals surface area contributed by atoms with Crippen LogP contribution >= 0.6 is 15.9 Å². The lowest BCUT2D eigenvalue weighted by molar-refractivity contribution is 0.0600. The van der Waals surface area contributed by atoms with Gasteiger partial charge in [0.25, 0.3) is 0 Å². The number of esters is 1. The molecule has 0 bridgehead atoms. The van der Waals surface area contributed by atoms with Crippen molar-refractivity contribution in [3.63, 3.8) is 0 Å². The first-order chi connectivity index (χ1) is 7.05. The third-order valence-electron chi connectivity index (χ3n) is 3.02. The summed E-state index contributed by atoms with van der Waals surface area (Å²) in [6.07, 6.45) is 2.40. The van der Waals surface area contributed by atoms with E-state index >= 15 is 0 Å². The number of carbonyl (C=O) groups excluding carboxylic acids is 1. The number of rotatable bonds is 2. The van der Waals surface area contributed by atoms with Crippen LogP contribution in [0.4, 0.5) is 0 Å². The average molecular weight is 269 g/mol. The smallest absolute Gasteiger partial charge is 0.337 e. The summed E-state index contributed by atoms with van der Waals surface area (Å²) >= 11 is 3.42. The molecule has 1 aromatic rings. The summed E-state index contributed by atoms with van der Waals surface area (Å²) in [7, 11) is 1.40. The van der Waals surface area contributed by atoms with Crippen molar-refractivity contribution in [3.8, 4) is 0 Å². The molecular formula is C12H13BrO2. The quantitative estimate of drug-likeness (QED) is 0.770. The van der Waals surface area contributed by atoms with Gasteiger partial charge in [-0.3, -0.25) is 0 Å². The fourth-order valence-corrected chi connectivity index (χ4v) is 2.14. The number of benzene rings is 1. The summed E-state index contributed by atoms with van der Waals surface area (Å²) in [5.74, 6) is -0.276. The SMILES string of the molecule is COC(=O)c1cc(Br)cc(C2(C)CC2)c1. The Balaban J connectivity index is 2.41. The Morgan fingerprint density at radius 1 is 1.40 bits per heavy atom. The lowest BCUT2D eigenvalue weighted by Crippen LogP contribution is -2.06. The van der Waals surface area contributed by atoms with E-state index in [0.29, 0.717) is 5.56 Å². The third-order valence-corrected chi connectivity index (χ3v) is 3.47. The van der Waals surface area contributed by atoms with Gasteiger partial charge in [0.05, 0.1) is 12.7 Å². The van der Waals surface area contributed by atoms with Crippen LogP contribution in [0, 0.1) is 0 Å². The minimum absolute atomic E-state index is 0.270. The summed E-state index contributed by atoms with van der Waals surface area (Å²) in [4.78, 5) is 11.4. The highest BCUT2D eigenvalue weighted by atomic mass is 79.9. The summed E-state index contributed by atoms with van der Waals surface area (Å²) < 4.78 is 5.66. The monoisotopic (exact) mass is 268 g/mol. The minimum Gasteiger partial charge on any atom is -0.465 e. The zero-order chi connectivity index (χ0) is 11.1. The molecule has 0 aromatic heterocycles. The van der Waals surface area contributed by atoms with Crippen molar-refractivity contribution in [2.45, 2.75) is 25.2 Å². The summed E-state index contributed by atoms with van der Waals surface area (Å²) in [5, 5.41) is 0. The second-order valence-corrected chi connectivity index (χ2v) is 5.20. The molecule has 2 nitrogen and oxygen atoms in total. The Morgan fingerprint density at radius 3 is 2.60 bits per heavy atom. The number of hydrogen-bond donors (Lipinski definition) is 0. The van der Waals surface area contributed by atoms with Crippen molar-refractivity contribution < 1.29 is 9.53 Å². The van der Waals surface area contributed by atoms with Gasteiger partial charge in [-0.1, -0.05) is 22.9 Å². The normalized spacial score (nSPS) is 17.3. The molecule has 80 valence electrons. The predicted molar refractivity (Wildman–Crippen MR) is 62.1 cm³/mol. The Bertz CT molecular complexity index is 408. The lowest BCUT2D eigenvalue weighted by atomic mass is 9.96. The van der Waals surface area contributed by atoms with Crippen molar-refractivity contribution in [1.29, 1.82) is 0 Å². The Morgan fingerprint density at radius 2 is 2.07 bits per heavy atom. The topological polar surface area (TPSA) is 26.3 Å². The van der Waals surface area contributed by atoms with Gasteiger partial charge in [0.15, 0.2) is 0 Å². The molecule has 1 aliphatic rings. The molecule has 3 heteroatoms. The van der Waals surface area contributed by atoms with Gasteiger partial charge in [-0.05, 0) is 42.0 Å². The van der Waals surface area contributed by atoms with Crippen molar-refractivity contribution in [3.05, 3.63) is 33.8 Å². The molecule has 0 aliphatic heterocycles. The summed E-state index contributed by atoms with van der Waals surface area (Å²) in [5.41, 5.74) is 2.11. The molecule has 0 radical (unpaired) electrons. The van der Waals surface area contributed by atoms with Crippen LogP contribution in [0.25, 0.3) is 0 Å². The van der Waals surface area contributed by atoms with Gasteiger partial charge >= 0.3 is 5.97 Å². The predicted octanol–water partition coefficient (Wildman–Crippen LogP) is 3.29. The highest BCUT2D eigenvalue weighted by Crippen LogP contribution is 2.48. The van der Waals surface area contributed by atoms with Gasteiger partial charge in [0.2, 0.25) is 0 Å². The molecule has 1 saturated carbocycles. The molecular weight excluding hydrogens is 256 g/mol. The number of hydrogen-bond acceptors (Lipinski definition) is 2. The lowest BCUT2D eigenvalue weighted by Gasteiger charge is -2.11. The van der Waals surface area contributed by atoms with Gasteiger partial charge in [-0.2, -0.15) is 0 Å². The third kappa shape index (κ3) is 2.07. The fraction of sp³-hybridized carbons (Fsp3) is 0.417. The Labute approximate surface area is 97.8 Å². The van der Waals surface area contributed by atoms with Crippen molar-refractivity contribution in [2.24, 2.45) is 0 Å². The Hall–Kier alpha value is -0.830. The zero-order valence-corrected chi connectivity index (χ0v) is 10.4. The van der Waals surface area contributed by atoms with E-state index in [2.05, 4.69) is 28.9 Å². The molecule has 1 aliphatic carbocycles. The molecule has 15 heavy (non-hydrogen) atoms. The van der Waals surface area contributed by atoms with Crippen molar-refractivity contribution in [1.82, 2.24) is 0 Å². The van der Waals surface area contributed by atoms with E-state index in [1.165, 1.54) is 25.5 Å². The van der Waals surface area contributed by atoms with Crippen LogP contribution in [-0.2, 0) is 10.2 Å². The van der Waals surface area contributed by atoms with Crippen LogP contribution in [0.2, 0.25) is 0 Å². The number of carbonyl (C=O) groups is 1. The first-order valence-electron chi connectivity index (χ1n) is 4.94. The standard InChI is InChI=1S/C12H13BrO2/c1-12(3-4-12)9-5-8(11(14)15-2)6-10(13)7-9/h5-7H,3-4H2,1-2H3. The minimum atomic E-state index is -0.276. The largest absolute Gasteiger partial charge is 0.465 e. The molecule has 0 N–H and O–H groups in total. The molecule has 0 atom stereocenters. The van der Waals surface area contributed by atoms with Crippen LogP contribution < -0.4 is 0 Å². The van der Waals surface area contributed by atoms with Gasteiger partial charge in [0, 0.05) is 4.47 Å². The van der Waals surface area contributed by atoms with E-state index in [9.17, 15) is 4.79 Å². The maximum atomic E-state index is 11.4. The molecule has 0 heterocycles. The summed E-state index contributed by atoms with van der Waals surface area (Å²) in [6.45, 7) is 2.22. The van der Waals surface area contributed by atoms with E-state index in [-0.39, 0.29) is 11.4 Å². The van der Waals surface area contributed by atoms with Crippen LogP contribution in [0.1, 0.15) is 35.7 Å². The Kier molecular flexibility index (Phi) is 2.59. The molecule has 1 aromatic carbocycles. The summed E-state index contributed by atoms with van der Waals surface area (Å²) in [6, 6.07) is 5.81. The molecule has 0 amide bonds. The first-order valence-corrected chi connectivity index (χ1v) is 5.74. The van der Waals surface area contributed by atoms with Crippen LogP contribution in [0.5, 0.6) is 0 Å². The fourth-order valence-electron chi connectivity index (χ4n) is 1.65. The molecule has 0 saturated heterocycles. The number of methoxy groups -OCH3 is 1. The van der Waals surface area contributed by atoms with Gasteiger partial charge in [-0.15, -0.1) is 0 Å². The second kappa shape index (κ2) is 3.63. The zero-order valence-electron chi connectivity index (χ0n) is 8.84. The molecule has 1 fully saturated rings. The van der Waals surface area contributed by atoms with Crippen molar-refractivity contribution in [2.75, 3.05) is 7.11 Å². The first kappa shape index (κ1) is 10.7. The maximum Gasteiger partial charge on any atom is 0.337 e.